The molecule has 126 valence electrons. The molecule has 0 amide bonds. The van der Waals surface area contributed by atoms with Gasteiger partial charge in [0.25, 0.3) is 0 Å². The molecule has 24 heavy (non-hydrogen) atoms. The van der Waals surface area contributed by atoms with E-state index >= 15 is 0 Å². The highest BCUT2D eigenvalue weighted by molar-refractivity contribution is 6.02. The maximum absolute atomic E-state index is 11.2. The van der Waals surface area contributed by atoms with E-state index in [4.69, 9.17) is 9.72 Å². The van der Waals surface area contributed by atoms with Crippen LogP contribution in [0.4, 0.5) is 0 Å². The molecule has 5 heteroatoms. The smallest absolute Gasteiger partial charge is 0.302 e. The fourth-order valence-corrected chi connectivity index (χ4v) is 3.11. The third-order valence-corrected chi connectivity index (χ3v) is 3.94. The van der Waals surface area contributed by atoms with E-state index in [1.54, 1.807) is 0 Å². The Morgan fingerprint density at radius 1 is 1.21 bits per heavy atom. The largest absolute Gasteiger partial charge is 0.462 e. The molecule has 5 nitrogen and oxygen atoms in total. The number of pyridine rings is 1. The number of aromatic nitrogens is 3. The Morgan fingerprint density at radius 3 is 2.67 bits per heavy atom. The number of carbonyl (C=O) groups excluding carboxylic acids is 1. The molecule has 2 heterocycles. The topological polar surface area (TPSA) is 57.0 Å². The van der Waals surface area contributed by atoms with Crippen LogP contribution in [0.1, 0.15) is 33.5 Å². The number of nitrogens with zero attached hydrogens (tertiary/aromatic N) is 3. The van der Waals surface area contributed by atoms with Gasteiger partial charge in [0, 0.05) is 25.3 Å². The van der Waals surface area contributed by atoms with Crippen LogP contribution in [0.5, 0.6) is 0 Å². The number of esters is 1. The number of imidazole rings is 1. The fourth-order valence-electron chi connectivity index (χ4n) is 3.11. The summed E-state index contributed by atoms with van der Waals surface area (Å²) in [6, 6.07) is 8.12. The van der Waals surface area contributed by atoms with Gasteiger partial charge < -0.3 is 9.30 Å². The Morgan fingerprint density at radius 2 is 1.96 bits per heavy atom. The quantitative estimate of drug-likeness (QED) is 0.671. The van der Waals surface area contributed by atoms with Gasteiger partial charge in [-0.05, 0) is 18.9 Å². The van der Waals surface area contributed by atoms with Gasteiger partial charge in [0.05, 0.1) is 17.2 Å². The molecule has 1 atom stereocenters. The van der Waals surface area contributed by atoms with E-state index in [-0.39, 0.29) is 12.1 Å². The van der Waals surface area contributed by atoms with E-state index in [1.165, 1.54) is 6.92 Å². The Bertz CT molecular complexity index is 883. The number of rotatable bonds is 5. The normalized spacial score (nSPS) is 12.9. The number of fused-ring (bicyclic) bond motifs is 3. The van der Waals surface area contributed by atoms with Crippen LogP contribution in [0, 0.1) is 5.92 Å². The first kappa shape index (κ1) is 16.4. The minimum atomic E-state index is -0.263. The molecule has 0 spiro atoms. The van der Waals surface area contributed by atoms with Crippen molar-refractivity contribution in [1.82, 2.24) is 14.5 Å². The van der Waals surface area contributed by atoms with Gasteiger partial charge in [-0.1, -0.05) is 32.0 Å². The van der Waals surface area contributed by atoms with Gasteiger partial charge in [0.15, 0.2) is 0 Å². The van der Waals surface area contributed by atoms with Crippen molar-refractivity contribution in [3.05, 3.63) is 36.3 Å². The maximum Gasteiger partial charge on any atom is 0.302 e. The maximum atomic E-state index is 11.2. The second-order valence-corrected chi connectivity index (χ2v) is 6.67. The molecule has 0 aliphatic carbocycles. The van der Waals surface area contributed by atoms with Crippen LogP contribution in [0.15, 0.2) is 30.5 Å². The lowest BCUT2D eigenvalue weighted by atomic mass is 10.1. The monoisotopic (exact) mass is 325 g/mol. The van der Waals surface area contributed by atoms with Crippen molar-refractivity contribution in [3.63, 3.8) is 0 Å². The van der Waals surface area contributed by atoms with Gasteiger partial charge in [-0.3, -0.25) is 9.78 Å². The highest BCUT2D eigenvalue weighted by atomic mass is 16.5. The van der Waals surface area contributed by atoms with Gasteiger partial charge in [-0.25, -0.2) is 4.98 Å². The first-order valence-electron chi connectivity index (χ1n) is 8.35. The van der Waals surface area contributed by atoms with Gasteiger partial charge in [-0.2, -0.15) is 0 Å². The summed E-state index contributed by atoms with van der Waals surface area (Å²) in [7, 11) is 0. The summed E-state index contributed by atoms with van der Waals surface area (Å²) in [5.74, 6) is 1.16. The number of hydrogen-bond donors (Lipinski definition) is 0. The standard InChI is InChI=1S/C19H23N3O2/c1-12(2)11-22-18(9-13(3)24-14(4)23)21-17-10-20-16-8-6-5-7-15(16)19(17)22/h5-8,10,12-13H,9,11H2,1-4H3. The van der Waals surface area contributed by atoms with E-state index in [0.29, 0.717) is 12.3 Å². The van der Waals surface area contributed by atoms with E-state index in [2.05, 4.69) is 29.5 Å². The second kappa shape index (κ2) is 6.59. The van der Waals surface area contributed by atoms with Crippen molar-refractivity contribution in [3.8, 4) is 0 Å². The molecule has 3 rings (SSSR count). The van der Waals surface area contributed by atoms with Crippen LogP contribution < -0.4 is 0 Å². The number of ether oxygens (including phenoxy) is 1. The third-order valence-electron chi connectivity index (χ3n) is 3.94. The average molecular weight is 325 g/mol. The van der Waals surface area contributed by atoms with E-state index < -0.39 is 0 Å². The number of para-hydroxylation sites is 1. The molecule has 0 fully saturated rings. The van der Waals surface area contributed by atoms with Crippen molar-refractivity contribution < 1.29 is 9.53 Å². The molecule has 0 N–H and O–H groups in total. The van der Waals surface area contributed by atoms with Crippen molar-refractivity contribution in [2.75, 3.05) is 0 Å². The predicted molar refractivity (Wildman–Crippen MR) is 94.8 cm³/mol. The predicted octanol–water partition coefficient (Wildman–Crippen LogP) is 3.73. The average Bonchev–Trinajstić information content (AvgIpc) is 2.83. The molecule has 0 bridgehead atoms. The summed E-state index contributed by atoms with van der Waals surface area (Å²) < 4.78 is 7.54. The van der Waals surface area contributed by atoms with Crippen LogP contribution in [-0.4, -0.2) is 26.6 Å². The molecule has 1 aromatic carbocycles. The van der Waals surface area contributed by atoms with E-state index in [1.807, 2.05) is 31.3 Å². The summed E-state index contributed by atoms with van der Waals surface area (Å²) in [4.78, 5) is 20.5. The minimum Gasteiger partial charge on any atom is -0.462 e. The van der Waals surface area contributed by atoms with Gasteiger partial charge in [0.2, 0.25) is 0 Å². The summed E-state index contributed by atoms with van der Waals surface area (Å²) >= 11 is 0. The summed E-state index contributed by atoms with van der Waals surface area (Å²) in [5.41, 5.74) is 2.97. The Kier molecular flexibility index (Phi) is 4.51. The number of benzene rings is 1. The lowest BCUT2D eigenvalue weighted by molar-refractivity contribution is -0.145. The van der Waals surface area contributed by atoms with Crippen LogP contribution in [-0.2, 0) is 22.5 Å². The summed E-state index contributed by atoms with van der Waals surface area (Å²) in [6.45, 7) is 8.58. The Balaban J connectivity index is 2.14. The molecule has 3 aromatic rings. The zero-order valence-electron chi connectivity index (χ0n) is 14.6. The number of carbonyl (C=O) groups is 1. The fraction of sp³-hybridized carbons (Fsp3) is 0.421. The Labute approximate surface area is 141 Å². The highest BCUT2D eigenvalue weighted by Gasteiger charge is 2.18. The Hall–Kier alpha value is -2.43. The van der Waals surface area contributed by atoms with Gasteiger partial charge in [0.1, 0.15) is 17.4 Å². The molecular weight excluding hydrogens is 302 g/mol. The van der Waals surface area contributed by atoms with E-state index in [0.717, 1.165) is 34.3 Å². The van der Waals surface area contributed by atoms with Crippen LogP contribution in [0.3, 0.4) is 0 Å². The van der Waals surface area contributed by atoms with Gasteiger partial charge >= 0.3 is 5.97 Å². The van der Waals surface area contributed by atoms with Crippen molar-refractivity contribution in [2.45, 2.75) is 46.8 Å². The first-order chi connectivity index (χ1) is 11.5. The molecule has 0 aliphatic rings. The molecule has 1 unspecified atom stereocenters. The van der Waals surface area contributed by atoms with Crippen molar-refractivity contribution in [2.24, 2.45) is 5.92 Å². The lowest BCUT2D eigenvalue weighted by Gasteiger charge is -2.15. The molecular formula is C19H23N3O2. The number of hydrogen-bond acceptors (Lipinski definition) is 4. The minimum absolute atomic E-state index is 0.204. The lowest BCUT2D eigenvalue weighted by Crippen LogP contribution is -2.19. The SMILES string of the molecule is CC(=O)OC(C)Cc1nc2cnc3ccccc3c2n1CC(C)C. The van der Waals surface area contributed by atoms with Crippen molar-refractivity contribution >= 4 is 27.9 Å². The van der Waals surface area contributed by atoms with Crippen LogP contribution in [0.25, 0.3) is 21.9 Å². The first-order valence-corrected chi connectivity index (χ1v) is 8.35. The highest BCUT2D eigenvalue weighted by Crippen LogP contribution is 2.26. The van der Waals surface area contributed by atoms with Crippen LogP contribution >= 0.6 is 0 Å². The van der Waals surface area contributed by atoms with Gasteiger partial charge in [-0.15, -0.1) is 0 Å². The van der Waals surface area contributed by atoms with Crippen molar-refractivity contribution in [1.29, 1.82) is 0 Å². The molecule has 0 saturated heterocycles. The summed E-state index contributed by atoms with van der Waals surface area (Å²) in [6.07, 6.45) is 2.22. The molecule has 0 radical (unpaired) electrons. The van der Waals surface area contributed by atoms with Crippen LogP contribution in [0.2, 0.25) is 0 Å². The second-order valence-electron chi connectivity index (χ2n) is 6.67. The molecule has 0 saturated carbocycles. The van der Waals surface area contributed by atoms with E-state index in [9.17, 15) is 4.79 Å². The zero-order chi connectivity index (χ0) is 17.3. The summed E-state index contributed by atoms with van der Waals surface area (Å²) in [5, 5.41) is 1.11. The molecule has 0 aliphatic heterocycles. The zero-order valence-corrected chi connectivity index (χ0v) is 14.6. The molecule has 2 aromatic heterocycles. The third kappa shape index (κ3) is 3.25.